The van der Waals surface area contributed by atoms with Gasteiger partial charge in [-0.2, -0.15) is 0 Å². The molecule has 3 N–H and O–H groups in total. The first kappa shape index (κ1) is 13.1. The molecular formula is C14H22N4. The smallest absolute Gasteiger partial charge is 0.0931 e. The van der Waals surface area contributed by atoms with Gasteiger partial charge in [-0.15, -0.1) is 0 Å². The molecule has 2 rings (SSSR count). The van der Waals surface area contributed by atoms with E-state index in [9.17, 15) is 0 Å². The molecule has 0 radical (unpaired) electrons. The van der Waals surface area contributed by atoms with E-state index in [2.05, 4.69) is 52.6 Å². The highest BCUT2D eigenvalue weighted by molar-refractivity contribution is 5.75. The van der Waals surface area contributed by atoms with Crippen molar-refractivity contribution < 1.29 is 0 Å². The summed E-state index contributed by atoms with van der Waals surface area (Å²) < 4.78 is 0. The molecule has 0 saturated carbocycles. The van der Waals surface area contributed by atoms with Gasteiger partial charge in [-0.25, -0.2) is 4.98 Å². The molecule has 0 aliphatic heterocycles. The number of nitrogens with zero attached hydrogens (tertiary/aromatic N) is 1. The number of aromatic nitrogens is 2. The number of rotatable bonds is 6. The number of hydrogen-bond acceptors (Lipinski definition) is 3. The first-order chi connectivity index (χ1) is 8.61. The van der Waals surface area contributed by atoms with Gasteiger partial charge in [0.2, 0.25) is 0 Å². The summed E-state index contributed by atoms with van der Waals surface area (Å²) >= 11 is 0. The second-order valence-electron chi connectivity index (χ2n) is 5.35. The Bertz CT molecular complexity index is 501. The third kappa shape index (κ3) is 3.31. The SMILES string of the molecule is CNCC(C)(C)NCCc1ccc2nc[nH]c2c1. The van der Waals surface area contributed by atoms with E-state index in [1.54, 1.807) is 6.33 Å². The third-order valence-electron chi connectivity index (χ3n) is 3.12. The van der Waals surface area contributed by atoms with Crippen molar-refractivity contribution in [3.63, 3.8) is 0 Å². The van der Waals surface area contributed by atoms with Crippen molar-refractivity contribution >= 4 is 11.0 Å². The van der Waals surface area contributed by atoms with Crippen LogP contribution in [0.25, 0.3) is 11.0 Å². The topological polar surface area (TPSA) is 52.7 Å². The van der Waals surface area contributed by atoms with E-state index in [-0.39, 0.29) is 5.54 Å². The Labute approximate surface area is 108 Å². The Morgan fingerprint density at radius 1 is 1.33 bits per heavy atom. The van der Waals surface area contributed by atoms with Crippen LogP contribution in [0.5, 0.6) is 0 Å². The Morgan fingerprint density at radius 3 is 2.94 bits per heavy atom. The zero-order valence-electron chi connectivity index (χ0n) is 11.4. The summed E-state index contributed by atoms with van der Waals surface area (Å²) in [5.41, 5.74) is 3.61. The summed E-state index contributed by atoms with van der Waals surface area (Å²) in [6.45, 7) is 6.37. The fourth-order valence-electron chi connectivity index (χ4n) is 2.19. The molecule has 1 aromatic carbocycles. The summed E-state index contributed by atoms with van der Waals surface area (Å²) in [6.07, 6.45) is 2.77. The van der Waals surface area contributed by atoms with Crippen LogP contribution in [0.15, 0.2) is 24.5 Å². The van der Waals surface area contributed by atoms with Crippen LogP contribution in [-0.4, -0.2) is 35.6 Å². The van der Waals surface area contributed by atoms with Crippen LogP contribution >= 0.6 is 0 Å². The van der Waals surface area contributed by atoms with Crippen molar-refractivity contribution in [2.45, 2.75) is 25.8 Å². The summed E-state index contributed by atoms with van der Waals surface area (Å²) in [5, 5.41) is 6.76. The summed E-state index contributed by atoms with van der Waals surface area (Å²) in [6, 6.07) is 6.39. The van der Waals surface area contributed by atoms with Crippen LogP contribution in [0, 0.1) is 0 Å². The lowest BCUT2D eigenvalue weighted by atomic mass is 10.0. The molecule has 1 aromatic heterocycles. The van der Waals surface area contributed by atoms with Gasteiger partial charge in [0.1, 0.15) is 0 Å². The van der Waals surface area contributed by atoms with Crippen LogP contribution in [-0.2, 0) is 6.42 Å². The van der Waals surface area contributed by atoms with E-state index in [1.807, 2.05) is 7.05 Å². The fraction of sp³-hybridized carbons (Fsp3) is 0.500. The highest BCUT2D eigenvalue weighted by atomic mass is 15.0. The number of fused-ring (bicyclic) bond motifs is 1. The van der Waals surface area contributed by atoms with Crippen molar-refractivity contribution in [3.8, 4) is 0 Å². The predicted molar refractivity (Wildman–Crippen MR) is 75.8 cm³/mol. The number of hydrogen-bond donors (Lipinski definition) is 3. The molecule has 0 unspecified atom stereocenters. The Kier molecular flexibility index (Phi) is 3.99. The fourth-order valence-corrected chi connectivity index (χ4v) is 2.19. The highest BCUT2D eigenvalue weighted by Crippen LogP contribution is 2.12. The van der Waals surface area contributed by atoms with Crippen LogP contribution < -0.4 is 10.6 Å². The van der Waals surface area contributed by atoms with Crippen molar-refractivity contribution in [2.75, 3.05) is 20.1 Å². The van der Waals surface area contributed by atoms with E-state index in [4.69, 9.17) is 0 Å². The van der Waals surface area contributed by atoms with Gasteiger partial charge in [0, 0.05) is 12.1 Å². The molecule has 4 heteroatoms. The zero-order valence-corrected chi connectivity index (χ0v) is 11.4. The minimum absolute atomic E-state index is 0.132. The summed E-state index contributed by atoms with van der Waals surface area (Å²) in [5.74, 6) is 0. The standard InChI is InChI=1S/C14H22N4/c1-14(2,9-15-3)18-7-6-11-4-5-12-13(8-11)17-10-16-12/h4-5,8,10,15,18H,6-7,9H2,1-3H3,(H,16,17). The van der Waals surface area contributed by atoms with Crippen molar-refractivity contribution in [2.24, 2.45) is 0 Å². The van der Waals surface area contributed by atoms with E-state index in [0.29, 0.717) is 0 Å². The maximum Gasteiger partial charge on any atom is 0.0931 e. The first-order valence-corrected chi connectivity index (χ1v) is 6.42. The predicted octanol–water partition coefficient (Wildman–Crippen LogP) is 1.69. The lowest BCUT2D eigenvalue weighted by Gasteiger charge is -2.26. The zero-order chi connectivity index (χ0) is 13.0. The van der Waals surface area contributed by atoms with Crippen molar-refractivity contribution in [1.29, 1.82) is 0 Å². The van der Waals surface area contributed by atoms with Crippen LogP contribution in [0.4, 0.5) is 0 Å². The second kappa shape index (κ2) is 5.50. The van der Waals surface area contributed by atoms with Gasteiger partial charge >= 0.3 is 0 Å². The minimum atomic E-state index is 0.132. The number of imidazole rings is 1. The Hall–Kier alpha value is -1.39. The first-order valence-electron chi connectivity index (χ1n) is 6.42. The molecule has 0 spiro atoms. The average Bonchev–Trinajstić information content (AvgIpc) is 2.75. The van der Waals surface area contributed by atoms with Gasteiger partial charge in [-0.3, -0.25) is 0 Å². The maximum absolute atomic E-state index is 4.22. The molecule has 98 valence electrons. The lowest BCUT2D eigenvalue weighted by molar-refractivity contribution is 0.379. The molecule has 1 heterocycles. The van der Waals surface area contributed by atoms with Gasteiger partial charge in [-0.05, 0) is 51.6 Å². The average molecular weight is 246 g/mol. The number of likely N-dealkylation sites (N-methyl/N-ethyl adjacent to an activating group) is 1. The molecule has 0 aliphatic carbocycles. The Balaban J connectivity index is 1.90. The van der Waals surface area contributed by atoms with Gasteiger partial charge in [-0.1, -0.05) is 6.07 Å². The molecule has 0 fully saturated rings. The van der Waals surface area contributed by atoms with Crippen molar-refractivity contribution in [3.05, 3.63) is 30.1 Å². The molecule has 0 amide bonds. The van der Waals surface area contributed by atoms with E-state index in [0.717, 1.165) is 30.5 Å². The van der Waals surface area contributed by atoms with Gasteiger partial charge < -0.3 is 15.6 Å². The Morgan fingerprint density at radius 2 is 2.17 bits per heavy atom. The molecule has 4 nitrogen and oxygen atoms in total. The van der Waals surface area contributed by atoms with E-state index < -0.39 is 0 Å². The van der Waals surface area contributed by atoms with Gasteiger partial charge in [0.15, 0.2) is 0 Å². The van der Waals surface area contributed by atoms with E-state index >= 15 is 0 Å². The van der Waals surface area contributed by atoms with Crippen molar-refractivity contribution in [1.82, 2.24) is 20.6 Å². The number of aromatic amines is 1. The molecule has 18 heavy (non-hydrogen) atoms. The molecule has 0 bridgehead atoms. The molecule has 0 atom stereocenters. The second-order valence-corrected chi connectivity index (χ2v) is 5.35. The number of H-pyrrole nitrogens is 1. The lowest BCUT2D eigenvalue weighted by Crippen LogP contribution is -2.47. The number of benzene rings is 1. The van der Waals surface area contributed by atoms with Crippen LogP contribution in [0.1, 0.15) is 19.4 Å². The molecule has 2 aromatic rings. The van der Waals surface area contributed by atoms with E-state index in [1.165, 1.54) is 5.56 Å². The largest absolute Gasteiger partial charge is 0.345 e. The number of nitrogens with one attached hydrogen (secondary N) is 3. The molecule has 0 saturated heterocycles. The normalized spacial score (nSPS) is 12.2. The van der Waals surface area contributed by atoms with Gasteiger partial charge in [0.25, 0.3) is 0 Å². The highest BCUT2D eigenvalue weighted by Gasteiger charge is 2.14. The molecule has 0 aliphatic rings. The van der Waals surface area contributed by atoms with Crippen LogP contribution in [0.2, 0.25) is 0 Å². The van der Waals surface area contributed by atoms with Gasteiger partial charge in [0.05, 0.1) is 17.4 Å². The molecular weight excluding hydrogens is 224 g/mol. The summed E-state index contributed by atoms with van der Waals surface area (Å²) in [4.78, 5) is 7.37. The minimum Gasteiger partial charge on any atom is -0.345 e. The van der Waals surface area contributed by atoms with Crippen LogP contribution in [0.3, 0.4) is 0 Å². The quantitative estimate of drug-likeness (QED) is 0.727. The summed E-state index contributed by atoms with van der Waals surface area (Å²) in [7, 11) is 1.98. The monoisotopic (exact) mass is 246 g/mol. The third-order valence-corrected chi connectivity index (χ3v) is 3.12. The maximum atomic E-state index is 4.22.